The molecule has 1 aromatic heterocycles. The van der Waals surface area contributed by atoms with Crippen LogP contribution < -0.4 is 19.5 Å². The van der Waals surface area contributed by atoms with E-state index in [1.165, 1.54) is 0 Å². The first-order valence-electron chi connectivity index (χ1n) is 10.4. The number of hydrogen-bond donors (Lipinski definition) is 1. The molecule has 0 saturated carbocycles. The second-order valence-corrected chi connectivity index (χ2v) is 7.66. The zero-order valence-corrected chi connectivity index (χ0v) is 18.1. The number of aromatic nitrogens is 2. The lowest BCUT2D eigenvalue weighted by molar-refractivity contribution is 0.177. The van der Waals surface area contributed by atoms with Gasteiger partial charge in [0.25, 0.3) is 0 Å². The maximum atomic E-state index is 12.8. The molecule has 0 atom stereocenters. The summed E-state index contributed by atoms with van der Waals surface area (Å²) in [5.74, 6) is 2.02. The molecule has 164 valence electrons. The van der Waals surface area contributed by atoms with Crippen LogP contribution in [0.5, 0.6) is 17.2 Å². The van der Waals surface area contributed by atoms with Gasteiger partial charge < -0.3 is 29.0 Å². The van der Waals surface area contributed by atoms with Gasteiger partial charge in [0, 0.05) is 31.8 Å². The molecule has 8 nitrogen and oxygen atoms in total. The molecule has 31 heavy (non-hydrogen) atoms. The lowest BCUT2D eigenvalue weighted by Crippen LogP contribution is -2.41. The molecule has 1 aliphatic rings. The molecule has 0 bridgehead atoms. The summed E-state index contributed by atoms with van der Waals surface area (Å²) in [6, 6.07) is 11.5. The minimum Gasteiger partial charge on any atom is -0.493 e. The third kappa shape index (κ3) is 4.38. The van der Waals surface area contributed by atoms with Crippen LogP contribution in [0, 0.1) is 5.92 Å². The molecular formula is C23H28N4O4. The molecule has 3 aromatic rings. The molecule has 1 aliphatic heterocycles. The molecule has 8 heteroatoms. The number of rotatable bonds is 6. The first kappa shape index (κ1) is 20.8. The summed E-state index contributed by atoms with van der Waals surface area (Å²) in [4.78, 5) is 19.1. The number of urea groups is 1. The number of anilines is 1. The zero-order valence-electron chi connectivity index (χ0n) is 18.1. The number of fused-ring (bicyclic) bond motifs is 1. The van der Waals surface area contributed by atoms with Crippen LogP contribution in [0.1, 0.15) is 12.8 Å². The van der Waals surface area contributed by atoms with Crippen molar-refractivity contribution in [3.05, 3.63) is 42.7 Å². The number of benzene rings is 2. The molecule has 0 aliphatic carbocycles. The van der Waals surface area contributed by atoms with Crippen molar-refractivity contribution in [2.45, 2.75) is 19.4 Å². The number of nitrogens with zero attached hydrogens (tertiary/aromatic N) is 3. The number of carbonyl (C=O) groups excluding carboxylic acids is 1. The van der Waals surface area contributed by atoms with Gasteiger partial charge in [-0.1, -0.05) is 12.1 Å². The molecule has 4 rings (SSSR count). The van der Waals surface area contributed by atoms with Crippen LogP contribution in [0.3, 0.4) is 0 Å². The summed E-state index contributed by atoms with van der Waals surface area (Å²) in [6.07, 6.45) is 3.82. The van der Waals surface area contributed by atoms with Gasteiger partial charge in [-0.25, -0.2) is 9.78 Å². The van der Waals surface area contributed by atoms with Gasteiger partial charge in [0.15, 0.2) is 11.5 Å². The van der Waals surface area contributed by atoms with Gasteiger partial charge in [0.05, 0.1) is 44.4 Å². The molecule has 2 aromatic carbocycles. The van der Waals surface area contributed by atoms with E-state index < -0.39 is 0 Å². The largest absolute Gasteiger partial charge is 0.493 e. The highest BCUT2D eigenvalue weighted by molar-refractivity contribution is 5.90. The molecule has 0 radical (unpaired) electrons. The van der Waals surface area contributed by atoms with Crippen LogP contribution in [-0.4, -0.2) is 54.9 Å². The van der Waals surface area contributed by atoms with Gasteiger partial charge in [-0.2, -0.15) is 0 Å². The number of hydrogen-bond acceptors (Lipinski definition) is 5. The summed E-state index contributed by atoms with van der Waals surface area (Å²) >= 11 is 0. The predicted molar refractivity (Wildman–Crippen MR) is 119 cm³/mol. The fraction of sp³-hybridized carbons (Fsp3) is 0.391. The Bertz CT molecular complexity index is 1030. The van der Waals surface area contributed by atoms with E-state index in [4.69, 9.17) is 14.2 Å². The highest BCUT2D eigenvalue weighted by Crippen LogP contribution is 2.40. The average Bonchev–Trinajstić information content (AvgIpc) is 3.21. The zero-order chi connectivity index (χ0) is 21.8. The third-order valence-electron chi connectivity index (χ3n) is 5.80. The molecule has 1 saturated heterocycles. The van der Waals surface area contributed by atoms with Gasteiger partial charge in [-0.3, -0.25) is 0 Å². The van der Waals surface area contributed by atoms with E-state index in [1.54, 1.807) is 33.5 Å². The lowest BCUT2D eigenvalue weighted by Gasteiger charge is -2.32. The lowest BCUT2D eigenvalue weighted by atomic mass is 9.97. The number of imidazole rings is 1. The van der Waals surface area contributed by atoms with E-state index >= 15 is 0 Å². The van der Waals surface area contributed by atoms with Crippen molar-refractivity contribution in [3.8, 4) is 17.2 Å². The molecule has 0 spiro atoms. The quantitative estimate of drug-likeness (QED) is 0.647. The van der Waals surface area contributed by atoms with Crippen LogP contribution in [0.4, 0.5) is 10.5 Å². The van der Waals surface area contributed by atoms with Crippen LogP contribution in [0.15, 0.2) is 42.7 Å². The van der Waals surface area contributed by atoms with Crippen molar-refractivity contribution in [1.29, 1.82) is 0 Å². The minimum atomic E-state index is -0.124. The van der Waals surface area contributed by atoms with E-state index in [0.29, 0.717) is 41.9 Å². The minimum absolute atomic E-state index is 0.124. The molecule has 2 heterocycles. The Morgan fingerprint density at radius 2 is 1.74 bits per heavy atom. The van der Waals surface area contributed by atoms with Crippen molar-refractivity contribution in [2.24, 2.45) is 5.92 Å². The number of likely N-dealkylation sites (tertiary alicyclic amines) is 1. The molecule has 0 unspecified atom stereocenters. The molecule has 2 amide bonds. The summed E-state index contributed by atoms with van der Waals surface area (Å²) in [5, 5.41) is 2.95. The summed E-state index contributed by atoms with van der Waals surface area (Å²) in [5.41, 5.74) is 2.78. The Morgan fingerprint density at radius 3 is 2.39 bits per heavy atom. The Morgan fingerprint density at radius 1 is 1.06 bits per heavy atom. The normalized spacial score (nSPS) is 14.5. The molecule has 1 fully saturated rings. The maximum absolute atomic E-state index is 12.8. The number of nitrogens with one attached hydrogen (secondary N) is 1. The second kappa shape index (κ2) is 9.16. The summed E-state index contributed by atoms with van der Waals surface area (Å²) in [6.45, 7) is 2.35. The topological polar surface area (TPSA) is 77.9 Å². The van der Waals surface area contributed by atoms with Gasteiger partial charge in [-0.05, 0) is 30.9 Å². The maximum Gasteiger partial charge on any atom is 0.321 e. The highest BCUT2D eigenvalue weighted by atomic mass is 16.5. The summed E-state index contributed by atoms with van der Waals surface area (Å²) < 4.78 is 18.3. The van der Waals surface area contributed by atoms with E-state index in [1.807, 2.05) is 29.4 Å². The van der Waals surface area contributed by atoms with Crippen molar-refractivity contribution in [2.75, 3.05) is 39.7 Å². The highest BCUT2D eigenvalue weighted by Gasteiger charge is 2.24. The van der Waals surface area contributed by atoms with Crippen LogP contribution in [0.2, 0.25) is 0 Å². The van der Waals surface area contributed by atoms with E-state index in [0.717, 1.165) is 30.4 Å². The van der Waals surface area contributed by atoms with Gasteiger partial charge in [0.2, 0.25) is 5.75 Å². The van der Waals surface area contributed by atoms with Crippen molar-refractivity contribution in [1.82, 2.24) is 14.5 Å². The van der Waals surface area contributed by atoms with Gasteiger partial charge >= 0.3 is 6.03 Å². The Balaban J connectivity index is 1.36. The number of carbonyl (C=O) groups is 1. The number of para-hydroxylation sites is 2. The Hall–Kier alpha value is -3.42. The number of methoxy groups -OCH3 is 3. The smallest absolute Gasteiger partial charge is 0.321 e. The fourth-order valence-electron chi connectivity index (χ4n) is 4.11. The van der Waals surface area contributed by atoms with Crippen molar-refractivity contribution < 1.29 is 19.0 Å². The number of amides is 2. The van der Waals surface area contributed by atoms with Crippen LogP contribution in [-0.2, 0) is 6.54 Å². The van der Waals surface area contributed by atoms with E-state index in [2.05, 4.69) is 20.9 Å². The van der Waals surface area contributed by atoms with E-state index in [9.17, 15) is 4.79 Å². The van der Waals surface area contributed by atoms with Crippen molar-refractivity contribution >= 4 is 22.8 Å². The Kier molecular flexibility index (Phi) is 6.16. The second-order valence-electron chi connectivity index (χ2n) is 7.66. The van der Waals surface area contributed by atoms with Gasteiger partial charge in [0.1, 0.15) is 0 Å². The van der Waals surface area contributed by atoms with Crippen LogP contribution >= 0.6 is 0 Å². The fourth-order valence-corrected chi connectivity index (χ4v) is 4.11. The van der Waals surface area contributed by atoms with Crippen LogP contribution in [0.25, 0.3) is 11.0 Å². The van der Waals surface area contributed by atoms with E-state index in [-0.39, 0.29) is 6.03 Å². The van der Waals surface area contributed by atoms with Crippen molar-refractivity contribution in [3.63, 3.8) is 0 Å². The SMILES string of the molecule is COc1cc(NC(=O)N2CCC(Cn3cnc4ccccc43)CC2)cc(OC)c1OC. The third-order valence-corrected chi connectivity index (χ3v) is 5.80. The van der Waals surface area contributed by atoms with Gasteiger partial charge in [-0.15, -0.1) is 0 Å². The predicted octanol–water partition coefficient (Wildman–Crippen LogP) is 4.01. The monoisotopic (exact) mass is 424 g/mol. The molecular weight excluding hydrogens is 396 g/mol. The number of piperidine rings is 1. The molecule has 1 N–H and O–H groups in total. The Labute approximate surface area is 181 Å². The standard InChI is InChI=1S/C23H28N4O4/c1-29-20-12-17(13-21(30-2)22(20)31-3)25-23(28)26-10-8-16(9-11-26)14-27-15-24-18-6-4-5-7-19(18)27/h4-7,12-13,15-16H,8-11,14H2,1-3H3,(H,25,28). The average molecular weight is 425 g/mol. The number of ether oxygens (including phenoxy) is 3. The first-order valence-corrected chi connectivity index (χ1v) is 10.4. The summed E-state index contributed by atoms with van der Waals surface area (Å²) in [7, 11) is 4.66. The first-order chi connectivity index (χ1) is 15.1.